The van der Waals surface area contributed by atoms with Crippen LogP contribution in [-0.2, 0) is 12.7 Å². The molecule has 0 unspecified atom stereocenters. The highest BCUT2D eigenvalue weighted by molar-refractivity contribution is 5.92. The first-order valence-corrected chi connectivity index (χ1v) is 10.1. The number of hydrogen-bond donors (Lipinski definition) is 0. The molecule has 33 heavy (non-hydrogen) atoms. The van der Waals surface area contributed by atoms with Crippen LogP contribution in [-0.4, -0.2) is 64.2 Å². The normalized spacial score (nSPS) is 15.0. The van der Waals surface area contributed by atoms with Crippen molar-refractivity contribution in [1.82, 2.24) is 25.0 Å². The molecule has 1 fully saturated rings. The van der Waals surface area contributed by atoms with E-state index in [1.54, 1.807) is 11.0 Å². The number of hydrogen-bond acceptors (Lipinski definition) is 6. The summed E-state index contributed by atoms with van der Waals surface area (Å²) in [6, 6.07) is 8.55. The van der Waals surface area contributed by atoms with Gasteiger partial charge in [0.1, 0.15) is 5.82 Å². The zero-order valence-electron chi connectivity index (χ0n) is 17.6. The van der Waals surface area contributed by atoms with Crippen molar-refractivity contribution in [2.75, 3.05) is 38.1 Å². The third-order valence-electron chi connectivity index (χ3n) is 5.21. The van der Waals surface area contributed by atoms with Gasteiger partial charge in [-0.3, -0.25) is 9.88 Å². The fraction of sp³-hybridized carbons (Fsp3) is 0.333. The van der Waals surface area contributed by atoms with E-state index in [1.807, 2.05) is 7.05 Å². The molecule has 0 spiro atoms. The molecule has 4 rings (SSSR count). The summed E-state index contributed by atoms with van der Waals surface area (Å²) in [4.78, 5) is 22.5. The molecular formula is C21H20F4N6O2. The zero-order valence-corrected chi connectivity index (χ0v) is 17.6. The van der Waals surface area contributed by atoms with Crippen LogP contribution in [0.15, 0.2) is 47.0 Å². The highest BCUT2D eigenvalue weighted by atomic mass is 19.4. The number of halogens is 4. The third kappa shape index (κ3) is 5.11. The molecule has 0 saturated carbocycles. The Hall–Kier alpha value is -3.54. The van der Waals surface area contributed by atoms with Gasteiger partial charge in [0.25, 0.3) is 0 Å². The maximum absolute atomic E-state index is 14.6. The SMILES string of the molecule is CN1CCN(C(=O)N(Cc2ccc(-c3nnc(C(F)(F)F)o3)cn2)c2ccccc2F)CC1. The molecule has 0 radical (unpaired) electrons. The van der Waals surface area contributed by atoms with Crippen molar-refractivity contribution in [3.63, 3.8) is 0 Å². The molecule has 0 atom stereocenters. The minimum Gasteiger partial charge on any atom is -0.413 e. The van der Waals surface area contributed by atoms with Crippen LogP contribution in [0.5, 0.6) is 0 Å². The summed E-state index contributed by atoms with van der Waals surface area (Å²) < 4.78 is 57.3. The van der Waals surface area contributed by atoms with E-state index in [0.717, 1.165) is 0 Å². The molecule has 3 heterocycles. The number of rotatable bonds is 4. The largest absolute Gasteiger partial charge is 0.470 e. The van der Waals surface area contributed by atoms with Crippen molar-refractivity contribution < 1.29 is 26.8 Å². The standard InChI is InChI=1S/C21H20F4N6O2/c1-29-8-10-30(11-9-29)20(32)31(17-5-3-2-4-16(17)22)13-15-7-6-14(12-26-15)18-27-28-19(33-18)21(23,24)25/h2-7,12H,8-11,13H2,1H3. The van der Waals surface area contributed by atoms with Crippen LogP contribution in [0.1, 0.15) is 11.6 Å². The first kappa shape index (κ1) is 22.6. The highest BCUT2D eigenvalue weighted by Gasteiger charge is 2.38. The molecule has 0 aliphatic carbocycles. The van der Waals surface area contributed by atoms with Gasteiger partial charge in [0.05, 0.1) is 23.5 Å². The lowest BCUT2D eigenvalue weighted by Crippen LogP contribution is -2.52. The van der Waals surface area contributed by atoms with E-state index in [1.165, 1.54) is 41.4 Å². The minimum absolute atomic E-state index is 0.0377. The van der Waals surface area contributed by atoms with E-state index in [0.29, 0.717) is 31.9 Å². The maximum atomic E-state index is 14.6. The van der Waals surface area contributed by atoms with Gasteiger partial charge in [-0.1, -0.05) is 12.1 Å². The van der Waals surface area contributed by atoms with Gasteiger partial charge in [0.2, 0.25) is 5.89 Å². The number of anilines is 1. The number of nitrogens with zero attached hydrogens (tertiary/aromatic N) is 6. The van der Waals surface area contributed by atoms with Gasteiger partial charge in [0, 0.05) is 32.4 Å². The Morgan fingerprint density at radius 2 is 1.82 bits per heavy atom. The Morgan fingerprint density at radius 3 is 2.42 bits per heavy atom. The van der Waals surface area contributed by atoms with E-state index in [2.05, 4.69) is 24.5 Å². The predicted octanol–water partition coefficient (Wildman–Crippen LogP) is 3.66. The lowest BCUT2D eigenvalue weighted by molar-refractivity contribution is -0.156. The fourth-order valence-corrected chi connectivity index (χ4v) is 3.36. The number of urea groups is 1. The van der Waals surface area contributed by atoms with E-state index >= 15 is 0 Å². The Morgan fingerprint density at radius 1 is 1.09 bits per heavy atom. The van der Waals surface area contributed by atoms with Crippen LogP contribution in [0.25, 0.3) is 11.5 Å². The first-order valence-electron chi connectivity index (χ1n) is 10.1. The van der Waals surface area contributed by atoms with Crippen molar-refractivity contribution in [2.45, 2.75) is 12.7 Å². The Balaban J connectivity index is 1.56. The molecule has 0 bridgehead atoms. The Kier molecular flexibility index (Phi) is 6.27. The van der Waals surface area contributed by atoms with Crippen LogP contribution >= 0.6 is 0 Å². The zero-order chi connectivity index (χ0) is 23.6. The van der Waals surface area contributed by atoms with E-state index in [-0.39, 0.29) is 29.7 Å². The van der Waals surface area contributed by atoms with Crippen molar-refractivity contribution in [1.29, 1.82) is 0 Å². The van der Waals surface area contributed by atoms with Crippen molar-refractivity contribution in [3.8, 4) is 11.5 Å². The maximum Gasteiger partial charge on any atom is 0.470 e. The number of carbonyl (C=O) groups excluding carboxylic acids is 1. The van der Waals surface area contributed by atoms with Gasteiger partial charge < -0.3 is 14.2 Å². The number of pyridine rings is 1. The second kappa shape index (κ2) is 9.14. The minimum atomic E-state index is -4.75. The average Bonchev–Trinajstić information content (AvgIpc) is 3.30. The number of benzene rings is 1. The van der Waals surface area contributed by atoms with Crippen LogP contribution in [0.2, 0.25) is 0 Å². The number of amides is 2. The molecule has 2 aromatic heterocycles. The van der Waals surface area contributed by atoms with Crippen molar-refractivity contribution in [2.24, 2.45) is 0 Å². The fourth-order valence-electron chi connectivity index (χ4n) is 3.36. The molecule has 174 valence electrons. The molecule has 1 saturated heterocycles. The molecule has 1 aliphatic rings. The predicted molar refractivity (Wildman–Crippen MR) is 110 cm³/mol. The lowest BCUT2D eigenvalue weighted by Gasteiger charge is -2.36. The average molecular weight is 464 g/mol. The number of aromatic nitrogens is 3. The van der Waals surface area contributed by atoms with Crippen molar-refractivity contribution >= 4 is 11.7 Å². The topological polar surface area (TPSA) is 78.6 Å². The van der Waals surface area contributed by atoms with Gasteiger partial charge in [-0.05, 0) is 31.3 Å². The monoisotopic (exact) mass is 464 g/mol. The molecule has 1 aliphatic heterocycles. The van der Waals surface area contributed by atoms with Crippen molar-refractivity contribution in [3.05, 3.63) is 60.0 Å². The van der Waals surface area contributed by atoms with E-state index in [9.17, 15) is 22.4 Å². The quantitative estimate of drug-likeness (QED) is 0.549. The number of alkyl halides is 3. The smallest absolute Gasteiger partial charge is 0.413 e. The number of para-hydroxylation sites is 1. The molecule has 8 nitrogen and oxygen atoms in total. The highest BCUT2D eigenvalue weighted by Crippen LogP contribution is 2.30. The lowest BCUT2D eigenvalue weighted by atomic mass is 10.2. The number of likely N-dealkylation sites (N-methyl/N-ethyl adjacent to an activating group) is 1. The molecule has 1 aromatic carbocycles. The molecule has 3 aromatic rings. The molecule has 12 heteroatoms. The number of piperazine rings is 1. The summed E-state index contributed by atoms with van der Waals surface area (Å²) >= 11 is 0. The summed E-state index contributed by atoms with van der Waals surface area (Å²) in [5, 5.41) is 6.39. The summed E-state index contributed by atoms with van der Waals surface area (Å²) in [6.45, 7) is 2.38. The number of carbonyl (C=O) groups is 1. The summed E-state index contributed by atoms with van der Waals surface area (Å²) in [6.07, 6.45) is -3.48. The van der Waals surface area contributed by atoms with Gasteiger partial charge >= 0.3 is 18.1 Å². The van der Waals surface area contributed by atoms with E-state index < -0.39 is 17.9 Å². The summed E-state index contributed by atoms with van der Waals surface area (Å²) in [5.74, 6) is -2.34. The second-order valence-corrected chi connectivity index (χ2v) is 7.56. The van der Waals surface area contributed by atoms with Gasteiger partial charge in [0.15, 0.2) is 0 Å². The van der Waals surface area contributed by atoms with Crippen LogP contribution in [0, 0.1) is 5.82 Å². The van der Waals surface area contributed by atoms with Crippen LogP contribution in [0.4, 0.5) is 28.0 Å². The molecule has 0 N–H and O–H groups in total. The Labute approximate surface area is 186 Å². The Bertz CT molecular complexity index is 1110. The van der Waals surface area contributed by atoms with E-state index in [4.69, 9.17) is 0 Å². The van der Waals surface area contributed by atoms with Gasteiger partial charge in [-0.15, -0.1) is 10.2 Å². The molecule has 2 amide bonds. The second-order valence-electron chi connectivity index (χ2n) is 7.56. The first-order chi connectivity index (χ1) is 15.7. The summed E-state index contributed by atoms with van der Waals surface area (Å²) in [7, 11) is 1.96. The summed E-state index contributed by atoms with van der Waals surface area (Å²) in [5.41, 5.74) is 0.698. The van der Waals surface area contributed by atoms with Gasteiger partial charge in [-0.2, -0.15) is 13.2 Å². The molecular weight excluding hydrogens is 444 g/mol. The third-order valence-corrected chi connectivity index (χ3v) is 5.21. The van der Waals surface area contributed by atoms with Crippen LogP contribution < -0.4 is 4.90 Å². The van der Waals surface area contributed by atoms with Gasteiger partial charge in [-0.25, -0.2) is 9.18 Å². The van der Waals surface area contributed by atoms with Crippen LogP contribution in [0.3, 0.4) is 0 Å².